The highest BCUT2D eigenvalue weighted by Crippen LogP contribution is 2.39. The Morgan fingerprint density at radius 1 is 1.18 bits per heavy atom. The van der Waals surface area contributed by atoms with Gasteiger partial charge in [0.25, 0.3) is 0 Å². The quantitative estimate of drug-likeness (QED) is 0.798. The van der Waals surface area contributed by atoms with Crippen molar-refractivity contribution in [2.24, 2.45) is 0 Å². The highest BCUT2D eigenvalue weighted by Gasteiger charge is 2.53. The summed E-state index contributed by atoms with van der Waals surface area (Å²) < 4.78 is 10.1. The van der Waals surface area contributed by atoms with Crippen molar-refractivity contribution >= 4 is 23.6 Å². The second-order valence-corrected chi connectivity index (χ2v) is 7.33. The Labute approximate surface area is 164 Å². The number of methoxy groups -OCH3 is 2. The summed E-state index contributed by atoms with van der Waals surface area (Å²) in [6, 6.07) is 5.20. The average Bonchev–Trinajstić information content (AvgIpc) is 3.11. The van der Waals surface area contributed by atoms with E-state index in [9.17, 15) is 14.4 Å². The molecule has 1 unspecified atom stereocenters. The van der Waals surface area contributed by atoms with E-state index in [-0.39, 0.29) is 18.5 Å². The highest BCUT2D eigenvalue weighted by atomic mass is 16.5. The van der Waals surface area contributed by atoms with Crippen molar-refractivity contribution in [1.29, 1.82) is 0 Å². The lowest BCUT2D eigenvalue weighted by molar-refractivity contribution is -0.153. The molecule has 8 nitrogen and oxygen atoms in total. The van der Waals surface area contributed by atoms with Gasteiger partial charge in [-0.05, 0) is 50.3 Å². The van der Waals surface area contributed by atoms with Gasteiger partial charge in [-0.15, -0.1) is 0 Å². The molecular weight excluding hydrogens is 362 g/mol. The molecule has 1 atom stereocenters. The van der Waals surface area contributed by atoms with Gasteiger partial charge in [0, 0.05) is 13.1 Å². The Morgan fingerprint density at radius 3 is 2.57 bits per heavy atom. The number of hydrogen-bond donors (Lipinski definition) is 1. The van der Waals surface area contributed by atoms with E-state index in [2.05, 4.69) is 5.32 Å². The largest absolute Gasteiger partial charge is 0.495 e. The minimum Gasteiger partial charge on any atom is -0.495 e. The molecular formula is C20H27N3O5. The Hall–Kier alpha value is -2.77. The molecule has 0 aliphatic carbocycles. The summed E-state index contributed by atoms with van der Waals surface area (Å²) in [4.78, 5) is 41.1. The van der Waals surface area contributed by atoms with E-state index in [1.54, 1.807) is 18.1 Å². The predicted molar refractivity (Wildman–Crippen MR) is 103 cm³/mol. The van der Waals surface area contributed by atoms with Crippen molar-refractivity contribution in [2.75, 3.05) is 39.2 Å². The van der Waals surface area contributed by atoms with Gasteiger partial charge in [-0.2, -0.15) is 0 Å². The molecule has 0 radical (unpaired) electrons. The van der Waals surface area contributed by atoms with Gasteiger partial charge in [-0.1, -0.05) is 6.07 Å². The van der Waals surface area contributed by atoms with Crippen LogP contribution in [0.2, 0.25) is 0 Å². The first-order valence-electron chi connectivity index (χ1n) is 9.51. The zero-order valence-electron chi connectivity index (χ0n) is 16.6. The van der Waals surface area contributed by atoms with E-state index in [1.165, 1.54) is 12.0 Å². The second-order valence-electron chi connectivity index (χ2n) is 7.33. The summed E-state index contributed by atoms with van der Waals surface area (Å²) >= 11 is 0. The number of urea groups is 1. The monoisotopic (exact) mass is 389 g/mol. The molecule has 3 amide bonds. The van der Waals surface area contributed by atoms with E-state index >= 15 is 0 Å². The number of benzene rings is 1. The number of amides is 3. The number of ether oxygens (including phenoxy) is 2. The van der Waals surface area contributed by atoms with Crippen LogP contribution in [0.15, 0.2) is 18.2 Å². The maximum absolute atomic E-state index is 13.2. The summed E-state index contributed by atoms with van der Waals surface area (Å²) in [7, 11) is 2.86. The van der Waals surface area contributed by atoms with Gasteiger partial charge in [0.05, 0.1) is 19.9 Å². The molecule has 3 rings (SSSR count). The Kier molecular flexibility index (Phi) is 5.76. The Bertz CT molecular complexity index is 781. The fraction of sp³-hybridized carbons (Fsp3) is 0.550. The van der Waals surface area contributed by atoms with Crippen LogP contribution in [0, 0.1) is 6.92 Å². The average molecular weight is 389 g/mol. The molecule has 152 valence electrons. The number of aryl methyl sites for hydroxylation is 1. The Balaban J connectivity index is 1.80. The molecule has 2 aliphatic heterocycles. The number of anilines is 1. The van der Waals surface area contributed by atoms with Gasteiger partial charge in [-0.25, -0.2) is 4.79 Å². The first-order chi connectivity index (χ1) is 13.4. The molecule has 2 heterocycles. The number of nitrogens with zero attached hydrogens (tertiary/aromatic N) is 2. The maximum atomic E-state index is 13.2. The number of hydrogen-bond acceptors (Lipinski definition) is 5. The second kappa shape index (κ2) is 8.08. The van der Waals surface area contributed by atoms with Gasteiger partial charge < -0.3 is 24.6 Å². The molecule has 0 bridgehead atoms. The van der Waals surface area contributed by atoms with Crippen LogP contribution >= 0.6 is 0 Å². The fourth-order valence-corrected chi connectivity index (χ4v) is 4.18. The fourth-order valence-electron chi connectivity index (χ4n) is 4.18. The number of piperidine rings is 1. The van der Waals surface area contributed by atoms with Gasteiger partial charge in [0.1, 0.15) is 17.8 Å². The maximum Gasteiger partial charge on any atom is 0.325 e. The standard InChI is InChI=1S/C20H27N3O5/c1-14-6-7-15(16(12-14)27-2)21-19(26)23-11-5-9-20(23)8-4-10-22(18(20)25)13-17(24)28-3/h6-7,12H,4-5,8-11,13H2,1-3H3,(H,21,26). The summed E-state index contributed by atoms with van der Waals surface area (Å²) in [5.74, 6) is -0.0552. The number of esters is 1. The number of carbonyl (C=O) groups excluding carboxylic acids is 3. The third-order valence-corrected chi connectivity index (χ3v) is 5.58. The number of likely N-dealkylation sites (tertiary alicyclic amines) is 2. The molecule has 1 spiro atoms. The van der Waals surface area contributed by atoms with Crippen LogP contribution in [-0.2, 0) is 14.3 Å². The lowest BCUT2D eigenvalue weighted by atomic mass is 9.85. The molecule has 1 N–H and O–H groups in total. The van der Waals surface area contributed by atoms with Crippen molar-refractivity contribution in [2.45, 2.75) is 38.1 Å². The van der Waals surface area contributed by atoms with Gasteiger partial charge in [0.2, 0.25) is 5.91 Å². The van der Waals surface area contributed by atoms with Crippen LogP contribution in [-0.4, -0.2) is 67.1 Å². The SMILES string of the molecule is COC(=O)CN1CCCC2(CCCN2C(=O)Nc2ccc(C)cc2OC)C1=O. The van der Waals surface area contributed by atoms with Crippen LogP contribution < -0.4 is 10.1 Å². The minimum absolute atomic E-state index is 0.0850. The number of carbonyl (C=O) groups is 3. The van der Waals surface area contributed by atoms with Crippen LogP contribution in [0.5, 0.6) is 5.75 Å². The van der Waals surface area contributed by atoms with Gasteiger partial charge in [0.15, 0.2) is 0 Å². The van der Waals surface area contributed by atoms with Crippen LogP contribution in [0.4, 0.5) is 10.5 Å². The van der Waals surface area contributed by atoms with E-state index in [4.69, 9.17) is 9.47 Å². The first-order valence-corrected chi connectivity index (χ1v) is 9.51. The van der Waals surface area contributed by atoms with E-state index in [0.717, 1.165) is 18.4 Å². The van der Waals surface area contributed by atoms with Gasteiger partial charge >= 0.3 is 12.0 Å². The summed E-state index contributed by atoms with van der Waals surface area (Å²) in [6.45, 7) is 2.85. The first kappa shape index (κ1) is 20.0. The number of nitrogens with one attached hydrogen (secondary N) is 1. The summed E-state index contributed by atoms with van der Waals surface area (Å²) in [5, 5.41) is 2.89. The molecule has 8 heteroatoms. The van der Waals surface area contributed by atoms with Crippen molar-refractivity contribution in [3.63, 3.8) is 0 Å². The predicted octanol–water partition coefficient (Wildman–Crippen LogP) is 2.17. The molecule has 1 aromatic rings. The molecule has 2 saturated heterocycles. The van der Waals surface area contributed by atoms with Crippen LogP contribution in [0.25, 0.3) is 0 Å². The minimum atomic E-state index is -0.895. The van der Waals surface area contributed by atoms with Crippen LogP contribution in [0.1, 0.15) is 31.2 Å². The van der Waals surface area contributed by atoms with E-state index < -0.39 is 11.5 Å². The normalized spacial score (nSPS) is 21.8. The van der Waals surface area contributed by atoms with Crippen molar-refractivity contribution in [3.8, 4) is 5.75 Å². The zero-order chi connectivity index (χ0) is 20.3. The molecule has 2 aliphatic rings. The highest BCUT2D eigenvalue weighted by molar-refractivity contribution is 5.98. The lowest BCUT2D eigenvalue weighted by Gasteiger charge is -2.44. The van der Waals surface area contributed by atoms with Crippen LogP contribution in [0.3, 0.4) is 0 Å². The molecule has 2 fully saturated rings. The summed E-state index contributed by atoms with van der Waals surface area (Å²) in [6.07, 6.45) is 2.68. The molecule has 28 heavy (non-hydrogen) atoms. The third kappa shape index (κ3) is 3.63. The van der Waals surface area contributed by atoms with E-state index in [0.29, 0.717) is 37.4 Å². The van der Waals surface area contributed by atoms with Crippen molar-refractivity contribution in [1.82, 2.24) is 9.80 Å². The van der Waals surface area contributed by atoms with Crippen molar-refractivity contribution in [3.05, 3.63) is 23.8 Å². The smallest absolute Gasteiger partial charge is 0.325 e. The molecule has 0 aromatic heterocycles. The molecule has 0 saturated carbocycles. The topological polar surface area (TPSA) is 88.2 Å². The number of rotatable bonds is 4. The van der Waals surface area contributed by atoms with Gasteiger partial charge in [-0.3, -0.25) is 9.59 Å². The lowest BCUT2D eigenvalue weighted by Crippen LogP contribution is -2.62. The van der Waals surface area contributed by atoms with Crippen molar-refractivity contribution < 1.29 is 23.9 Å². The van der Waals surface area contributed by atoms with E-state index in [1.807, 2.05) is 19.1 Å². The molecule has 1 aromatic carbocycles. The zero-order valence-corrected chi connectivity index (χ0v) is 16.6. The Morgan fingerprint density at radius 2 is 1.89 bits per heavy atom. The third-order valence-electron chi connectivity index (χ3n) is 5.58. The summed E-state index contributed by atoms with van der Waals surface area (Å²) in [5.41, 5.74) is 0.692.